The van der Waals surface area contributed by atoms with E-state index < -0.39 is 0 Å². The van der Waals surface area contributed by atoms with E-state index in [1.54, 1.807) is 22.2 Å². The molecule has 58 valence electrons. The minimum atomic E-state index is 1.00. The first kappa shape index (κ1) is 7.31. The smallest absolute Gasteiger partial charge is 0.258 e. The molecule has 0 bridgehead atoms. The molecule has 0 aliphatic carbocycles. The highest BCUT2D eigenvalue weighted by molar-refractivity contribution is 7.66. The van der Waals surface area contributed by atoms with Crippen molar-refractivity contribution in [2.45, 2.75) is 0 Å². The van der Waals surface area contributed by atoms with Gasteiger partial charge >= 0.3 is 0 Å². The van der Waals surface area contributed by atoms with E-state index in [1.165, 1.54) is 0 Å². The van der Waals surface area contributed by atoms with Crippen molar-refractivity contribution in [1.29, 1.82) is 0 Å². The Bertz CT molecular complexity index is 468. The van der Waals surface area contributed by atoms with Gasteiger partial charge in [-0.25, -0.2) is 0 Å². The summed E-state index contributed by atoms with van der Waals surface area (Å²) in [6, 6.07) is 7.90. The van der Waals surface area contributed by atoms with Crippen molar-refractivity contribution in [3.63, 3.8) is 0 Å². The second kappa shape index (κ2) is 2.95. The molecule has 0 unspecified atom stereocenters. The van der Waals surface area contributed by atoms with E-state index in [4.69, 9.17) is 12.4 Å². The van der Waals surface area contributed by atoms with Crippen LogP contribution in [0.4, 0.5) is 0 Å². The van der Waals surface area contributed by atoms with Crippen molar-refractivity contribution < 1.29 is 3.61 Å². The largest absolute Gasteiger partial charge is 0.276 e. The molecule has 0 saturated heterocycles. The van der Waals surface area contributed by atoms with Gasteiger partial charge in [-0.2, -0.15) is 0 Å². The van der Waals surface area contributed by atoms with Crippen LogP contribution in [0, 0.1) is 0 Å². The maximum absolute atomic E-state index is 5.10. The van der Waals surface area contributed by atoms with Crippen molar-refractivity contribution in [1.82, 2.24) is 4.98 Å². The van der Waals surface area contributed by atoms with Crippen molar-refractivity contribution in [2.24, 2.45) is 0 Å². The highest BCUT2D eigenvalue weighted by Gasteiger charge is 1.97. The maximum Gasteiger partial charge on any atom is 0.276 e. The van der Waals surface area contributed by atoms with Gasteiger partial charge in [0.1, 0.15) is 0 Å². The molecule has 0 aliphatic rings. The molecular weight excluding hydrogens is 168 g/mol. The van der Waals surface area contributed by atoms with Crippen LogP contribution < -0.4 is 3.61 Å². The van der Waals surface area contributed by atoms with Gasteiger partial charge in [-0.1, -0.05) is 15.7 Å². The fourth-order valence-electron chi connectivity index (χ4n) is 1.10. The minimum absolute atomic E-state index is 1.00. The van der Waals surface area contributed by atoms with Crippen molar-refractivity contribution in [2.75, 3.05) is 0 Å². The number of rotatable bonds is 0. The molecule has 12 heavy (non-hydrogen) atoms. The van der Waals surface area contributed by atoms with Crippen LogP contribution in [0.2, 0.25) is 0 Å². The lowest BCUT2D eigenvalue weighted by atomic mass is 10.2. The molecule has 1 heterocycles. The van der Waals surface area contributed by atoms with Crippen LogP contribution in [-0.4, -0.2) is 4.98 Å². The zero-order valence-corrected chi connectivity index (χ0v) is 7.16. The highest BCUT2D eigenvalue weighted by Crippen LogP contribution is 2.04. The predicted octanol–water partition coefficient (Wildman–Crippen LogP) is 1.76. The van der Waals surface area contributed by atoms with E-state index in [0.717, 1.165) is 10.9 Å². The second-order valence-corrected chi connectivity index (χ2v) is 2.85. The molecule has 0 saturated carbocycles. The number of hydrogen-bond acceptors (Lipinski definition) is 2. The molecule has 0 aliphatic heterocycles. The summed E-state index contributed by atoms with van der Waals surface area (Å²) in [6.07, 6.45) is 5.25. The summed E-state index contributed by atoms with van der Waals surface area (Å²) < 4.78 is 1.64. The van der Waals surface area contributed by atoms with Gasteiger partial charge in [0.15, 0.2) is 0 Å². The lowest BCUT2D eigenvalue weighted by Crippen LogP contribution is -2.07. The Kier molecular flexibility index (Phi) is 1.80. The Labute approximate surface area is 75.3 Å². The van der Waals surface area contributed by atoms with Gasteiger partial charge in [-0.15, -0.1) is 0 Å². The molecule has 1 aromatic carbocycles. The molecule has 0 radical (unpaired) electrons. The van der Waals surface area contributed by atoms with E-state index in [1.807, 2.05) is 24.3 Å². The third-order valence-corrected chi connectivity index (χ3v) is 1.99. The van der Waals surface area contributed by atoms with Crippen LogP contribution in [-0.2, 0) is 0 Å². The van der Waals surface area contributed by atoms with Gasteiger partial charge < -0.3 is 0 Å². The van der Waals surface area contributed by atoms with Crippen molar-refractivity contribution >= 4 is 23.3 Å². The second-order valence-electron chi connectivity index (χ2n) is 2.46. The third-order valence-electron chi connectivity index (χ3n) is 1.68. The van der Waals surface area contributed by atoms with E-state index >= 15 is 0 Å². The standard InChI is InChI=1S/C9H7N2S/c12-11-6-5-10-7-8-3-1-2-4-9(8)11/h1-7H/q+1. The first-order valence-corrected chi connectivity index (χ1v) is 4.00. The van der Waals surface area contributed by atoms with E-state index in [9.17, 15) is 0 Å². The number of aromatic nitrogens is 2. The van der Waals surface area contributed by atoms with Crippen LogP contribution in [0.15, 0.2) is 42.9 Å². The molecule has 0 fully saturated rings. The highest BCUT2D eigenvalue weighted by atomic mass is 32.1. The number of hydrogen-bond donors (Lipinski definition) is 0. The monoisotopic (exact) mass is 175 g/mol. The van der Waals surface area contributed by atoms with Crippen LogP contribution in [0.25, 0.3) is 10.9 Å². The maximum atomic E-state index is 5.10. The van der Waals surface area contributed by atoms with Gasteiger partial charge in [0.05, 0.1) is 11.6 Å². The molecular formula is C9H7N2S+. The number of nitrogens with zero attached hydrogens (tertiary/aromatic N) is 2. The first-order valence-electron chi connectivity index (χ1n) is 3.63. The summed E-state index contributed by atoms with van der Waals surface area (Å²) in [4.78, 5) is 4.05. The quantitative estimate of drug-likeness (QED) is 0.568. The molecule has 0 spiro atoms. The predicted molar refractivity (Wildman–Crippen MR) is 49.3 cm³/mol. The Morgan fingerprint density at radius 1 is 1.25 bits per heavy atom. The van der Waals surface area contributed by atoms with E-state index in [0.29, 0.717) is 0 Å². The topological polar surface area (TPSA) is 18.8 Å². The summed E-state index contributed by atoms with van der Waals surface area (Å²) >= 11 is 5.10. The van der Waals surface area contributed by atoms with Crippen LogP contribution in [0.5, 0.6) is 0 Å². The summed E-state index contributed by atoms with van der Waals surface area (Å²) in [5.74, 6) is 0. The van der Waals surface area contributed by atoms with Gasteiger partial charge in [0.2, 0.25) is 11.7 Å². The fraction of sp³-hybridized carbons (Fsp3) is 0. The van der Waals surface area contributed by atoms with Gasteiger partial charge in [-0.3, -0.25) is 4.98 Å². The molecule has 3 heteroatoms. The van der Waals surface area contributed by atoms with Crippen molar-refractivity contribution in [3.05, 3.63) is 42.9 Å². The zero-order valence-electron chi connectivity index (χ0n) is 6.34. The Balaban J connectivity index is 3.06. The first-order chi connectivity index (χ1) is 5.88. The normalized spacial score (nSPS) is 10.0. The summed E-state index contributed by atoms with van der Waals surface area (Å²) in [7, 11) is 0. The summed E-state index contributed by atoms with van der Waals surface area (Å²) in [5, 5.41) is 1.05. The molecule has 1 aromatic heterocycles. The Morgan fingerprint density at radius 2 is 2.08 bits per heavy atom. The Hall–Kier alpha value is -1.35. The van der Waals surface area contributed by atoms with Crippen molar-refractivity contribution in [3.8, 4) is 0 Å². The third kappa shape index (κ3) is 1.19. The van der Waals surface area contributed by atoms with Gasteiger partial charge in [0.25, 0.3) is 12.4 Å². The fourth-order valence-corrected chi connectivity index (χ4v) is 1.32. The van der Waals surface area contributed by atoms with E-state index in [2.05, 4.69) is 4.98 Å². The minimum Gasteiger partial charge on any atom is -0.258 e. The van der Waals surface area contributed by atoms with Gasteiger partial charge in [-0.05, 0) is 6.07 Å². The number of fused-ring (bicyclic) bond motifs is 1. The van der Waals surface area contributed by atoms with Crippen LogP contribution in [0.1, 0.15) is 0 Å². The average Bonchev–Trinajstić information content (AvgIpc) is 2.29. The van der Waals surface area contributed by atoms with Gasteiger partial charge in [0, 0.05) is 12.3 Å². The molecule has 2 aromatic rings. The molecule has 0 atom stereocenters. The zero-order chi connectivity index (χ0) is 8.39. The number of benzene rings is 1. The average molecular weight is 175 g/mol. The lowest BCUT2D eigenvalue weighted by molar-refractivity contribution is -0.401. The molecule has 0 amide bonds. The number of para-hydroxylation sites is 1. The lowest BCUT2D eigenvalue weighted by Gasteiger charge is -1.81. The van der Waals surface area contributed by atoms with Crippen LogP contribution >= 0.6 is 12.4 Å². The summed E-state index contributed by atoms with van der Waals surface area (Å²) in [5.41, 5.74) is 1.00. The van der Waals surface area contributed by atoms with Crippen LogP contribution in [0.3, 0.4) is 0 Å². The van der Waals surface area contributed by atoms with E-state index in [-0.39, 0.29) is 0 Å². The summed E-state index contributed by atoms with van der Waals surface area (Å²) in [6.45, 7) is 0. The molecule has 0 N–H and O–H groups in total. The molecule has 2 rings (SSSR count). The molecule has 2 nitrogen and oxygen atoms in total. The Morgan fingerprint density at radius 3 is 3.00 bits per heavy atom. The SMILES string of the molecule is S=[n+]1ccncc2ccccc21.